The lowest BCUT2D eigenvalue weighted by Gasteiger charge is -2.07. The van der Waals surface area contributed by atoms with Gasteiger partial charge in [-0.2, -0.15) is 8.78 Å². The van der Waals surface area contributed by atoms with Crippen LogP contribution in [0, 0.1) is 5.41 Å². The van der Waals surface area contributed by atoms with Gasteiger partial charge in [-0.15, -0.1) is 0 Å². The molecule has 0 bridgehead atoms. The van der Waals surface area contributed by atoms with Crippen LogP contribution in [0.3, 0.4) is 0 Å². The Balaban J connectivity index is 2.31. The predicted molar refractivity (Wildman–Crippen MR) is 64.5 cm³/mol. The van der Waals surface area contributed by atoms with E-state index in [1.54, 1.807) is 18.2 Å². The topological polar surface area (TPSA) is 62.2 Å². The number of nitrogens with one attached hydrogen (secondary N) is 2. The van der Waals surface area contributed by atoms with Gasteiger partial charge in [0.1, 0.15) is 5.75 Å². The number of ether oxygens (including phenoxy) is 1. The molecular formula is C11H8F2N2O2S. The quantitative estimate of drug-likeness (QED) is 0.829. The van der Waals surface area contributed by atoms with Crippen molar-refractivity contribution in [2.45, 2.75) is 6.61 Å². The summed E-state index contributed by atoms with van der Waals surface area (Å²) in [7, 11) is 0. The fourth-order valence-electron chi connectivity index (χ4n) is 1.39. The highest BCUT2D eigenvalue weighted by Crippen LogP contribution is 2.29. The normalized spacial score (nSPS) is 17.4. The van der Waals surface area contributed by atoms with Crippen molar-refractivity contribution in [2.24, 2.45) is 0 Å². The van der Waals surface area contributed by atoms with Gasteiger partial charge in [0.25, 0.3) is 5.91 Å². The summed E-state index contributed by atoms with van der Waals surface area (Å²) in [6.07, 6.45) is 1.42. The van der Waals surface area contributed by atoms with Crippen LogP contribution in [0.1, 0.15) is 5.56 Å². The molecule has 0 aliphatic carbocycles. The fraction of sp³-hybridized carbons (Fsp3) is 0.0909. The number of halogens is 2. The summed E-state index contributed by atoms with van der Waals surface area (Å²) < 4.78 is 28.7. The number of hydrogen-bond donors (Lipinski definition) is 2. The highest BCUT2D eigenvalue weighted by molar-refractivity contribution is 8.18. The van der Waals surface area contributed by atoms with E-state index in [2.05, 4.69) is 10.1 Å². The Labute approximate surface area is 106 Å². The predicted octanol–water partition coefficient (Wildman–Crippen LogP) is 2.43. The summed E-state index contributed by atoms with van der Waals surface area (Å²) in [4.78, 5) is 11.7. The first-order valence-electron chi connectivity index (χ1n) is 4.89. The molecule has 1 aliphatic heterocycles. The largest absolute Gasteiger partial charge is 0.434 e. The lowest BCUT2D eigenvalue weighted by Crippen LogP contribution is -2.18. The third-order valence-corrected chi connectivity index (χ3v) is 2.91. The first-order chi connectivity index (χ1) is 8.56. The Morgan fingerprint density at radius 2 is 2.11 bits per heavy atom. The Hall–Kier alpha value is -1.89. The molecular weight excluding hydrogens is 262 g/mol. The third kappa shape index (κ3) is 2.86. The lowest BCUT2D eigenvalue weighted by molar-refractivity contribution is -0.115. The van der Waals surface area contributed by atoms with Gasteiger partial charge in [0.05, 0.1) is 4.91 Å². The van der Waals surface area contributed by atoms with Gasteiger partial charge >= 0.3 is 6.61 Å². The monoisotopic (exact) mass is 270 g/mol. The van der Waals surface area contributed by atoms with Gasteiger partial charge in [0, 0.05) is 5.56 Å². The molecule has 1 aliphatic rings. The molecule has 2 rings (SSSR count). The van der Waals surface area contributed by atoms with E-state index in [9.17, 15) is 13.6 Å². The first-order valence-corrected chi connectivity index (χ1v) is 5.71. The number of amides is 1. The minimum absolute atomic E-state index is 0.00756. The van der Waals surface area contributed by atoms with Crippen molar-refractivity contribution < 1.29 is 18.3 Å². The average Bonchev–Trinajstić information content (AvgIpc) is 2.59. The van der Waals surface area contributed by atoms with Gasteiger partial charge in [-0.25, -0.2) is 0 Å². The SMILES string of the molecule is N=C1NC(=O)C(=Cc2ccccc2OC(F)F)S1. The minimum atomic E-state index is -2.92. The molecule has 1 saturated heterocycles. The number of thioether (sulfide) groups is 1. The van der Waals surface area contributed by atoms with Crippen LogP contribution in [-0.4, -0.2) is 17.7 Å². The van der Waals surface area contributed by atoms with E-state index in [0.717, 1.165) is 11.8 Å². The lowest BCUT2D eigenvalue weighted by atomic mass is 10.2. The molecule has 1 heterocycles. The minimum Gasteiger partial charge on any atom is -0.434 e. The van der Waals surface area contributed by atoms with Crippen LogP contribution in [0.2, 0.25) is 0 Å². The molecule has 1 fully saturated rings. The summed E-state index contributed by atoms with van der Waals surface area (Å²) in [5, 5.41) is 9.59. The second kappa shape index (κ2) is 5.18. The van der Waals surface area contributed by atoms with Crippen molar-refractivity contribution in [1.29, 1.82) is 5.41 Å². The molecule has 18 heavy (non-hydrogen) atoms. The maximum atomic E-state index is 12.2. The van der Waals surface area contributed by atoms with Crippen LogP contribution in [0.15, 0.2) is 29.2 Å². The average molecular weight is 270 g/mol. The van der Waals surface area contributed by atoms with Crippen molar-refractivity contribution in [3.8, 4) is 5.75 Å². The smallest absolute Gasteiger partial charge is 0.387 e. The number of hydrogen-bond acceptors (Lipinski definition) is 4. The van der Waals surface area contributed by atoms with Crippen LogP contribution < -0.4 is 10.1 Å². The maximum Gasteiger partial charge on any atom is 0.387 e. The molecule has 1 aromatic carbocycles. The Morgan fingerprint density at radius 3 is 2.72 bits per heavy atom. The first kappa shape index (κ1) is 12.6. The van der Waals surface area contributed by atoms with E-state index >= 15 is 0 Å². The highest BCUT2D eigenvalue weighted by Gasteiger charge is 2.22. The number of carbonyl (C=O) groups is 1. The van der Waals surface area contributed by atoms with E-state index < -0.39 is 12.5 Å². The van der Waals surface area contributed by atoms with E-state index in [1.165, 1.54) is 12.1 Å². The summed E-state index contributed by atoms with van der Waals surface area (Å²) in [6.45, 7) is -2.92. The molecule has 7 heteroatoms. The summed E-state index contributed by atoms with van der Waals surface area (Å²) >= 11 is 0.937. The standard InChI is InChI=1S/C11H8F2N2O2S/c12-10(13)17-7-4-2-1-3-6(7)5-8-9(16)15-11(14)18-8/h1-5,10H,(H2,14,15,16). The molecule has 1 amide bonds. The number of amidine groups is 1. The fourth-order valence-corrected chi connectivity index (χ4v) is 2.08. The molecule has 1 aromatic rings. The summed E-state index contributed by atoms with van der Waals surface area (Å²) in [5.74, 6) is -0.427. The van der Waals surface area contributed by atoms with E-state index in [-0.39, 0.29) is 15.8 Å². The zero-order chi connectivity index (χ0) is 13.1. The number of rotatable bonds is 3. The van der Waals surface area contributed by atoms with Gasteiger partial charge < -0.3 is 10.1 Å². The van der Waals surface area contributed by atoms with Crippen molar-refractivity contribution >= 4 is 28.9 Å². The van der Waals surface area contributed by atoms with Gasteiger partial charge in [-0.05, 0) is 23.9 Å². The second-order valence-corrected chi connectivity index (χ2v) is 4.36. The molecule has 0 radical (unpaired) electrons. The number of alkyl halides is 2. The molecule has 0 saturated carbocycles. The second-order valence-electron chi connectivity index (χ2n) is 3.31. The molecule has 0 spiro atoms. The molecule has 4 nitrogen and oxygen atoms in total. The Morgan fingerprint density at radius 1 is 1.39 bits per heavy atom. The molecule has 0 atom stereocenters. The van der Waals surface area contributed by atoms with E-state index in [4.69, 9.17) is 5.41 Å². The van der Waals surface area contributed by atoms with Gasteiger partial charge in [0.2, 0.25) is 0 Å². The van der Waals surface area contributed by atoms with E-state index in [1.807, 2.05) is 0 Å². The van der Waals surface area contributed by atoms with Gasteiger partial charge in [-0.3, -0.25) is 10.2 Å². The van der Waals surface area contributed by atoms with Gasteiger partial charge in [0.15, 0.2) is 5.17 Å². The summed E-state index contributed by atoms with van der Waals surface area (Å²) in [6, 6.07) is 6.15. The summed E-state index contributed by atoms with van der Waals surface area (Å²) in [5.41, 5.74) is 0.366. The molecule has 0 aromatic heterocycles. The van der Waals surface area contributed by atoms with Crippen LogP contribution in [-0.2, 0) is 4.79 Å². The van der Waals surface area contributed by atoms with Crippen molar-refractivity contribution in [2.75, 3.05) is 0 Å². The van der Waals surface area contributed by atoms with Crippen molar-refractivity contribution in [1.82, 2.24) is 5.32 Å². The van der Waals surface area contributed by atoms with Crippen molar-refractivity contribution in [3.05, 3.63) is 34.7 Å². The van der Waals surface area contributed by atoms with Crippen LogP contribution in [0.5, 0.6) is 5.75 Å². The zero-order valence-electron chi connectivity index (χ0n) is 8.94. The van der Waals surface area contributed by atoms with Crippen LogP contribution in [0.25, 0.3) is 6.08 Å². The molecule has 0 unspecified atom stereocenters. The van der Waals surface area contributed by atoms with Crippen LogP contribution in [0.4, 0.5) is 8.78 Å². The maximum absolute atomic E-state index is 12.2. The number of benzene rings is 1. The number of carbonyl (C=O) groups excluding carboxylic acids is 1. The zero-order valence-corrected chi connectivity index (χ0v) is 9.76. The third-order valence-electron chi connectivity index (χ3n) is 2.08. The molecule has 2 N–H and O–H groups in total. The van der Waals surface area contributed by atoms with Crippen molar-refractivity contribution in [3.63, 3.8) is 0 Å². The Kier molecular flexibility index (Phi) is 3.61. The Bertz CT molecular complexity index is 532. The van der Waals surface area contributed by atoms with Crippen LogP contribution >= 0.6 is 11.8 Å². The highest BCUT2D eigenvalue weighted by atomic mass is 32.2. The van der Waals surface area contributed by atoms with E-state index in [0.29, 0.717) is 5.56 Å². The number of para-hydroxylation sites is 1. The van der Waals surface area contributed by atoms with Gasteiger partial charge in [-0.1, -0.05) is 18.2 Å². The molecule has 94 valence electrons.